The third-order valence-corrected chi connectivity index (χ3v) is 8.46. The maximum Gasteiger partial charge on any atom is 0.307 e. The number of hydrogen-bond acceptors (Lipinski definition) is 6. The van der Waals surface area contributed by atoms with Crippen molar-refractivity contribution in [1.29, 1.82) is 0 Å². The lowest BCUT2D eigenvalue weighted by molar-refractivity contribution is -0.153. The summed E-state index contributed by atoms with van der Waals surface area (Å²) in [5.74, 6) is -1.23. The van der Waals surface area contributed by atoms with E-state index in [-0.39, 0.29) is 18.4 Å². The predicted octanol–water partition coefficient (Wildman–Crippen LogP) is 3.37. The summed E-state index contributed by atoms with van der Waals surface area (Å²) >= 11 is 0. The van der Waals surface area contributed by atoms with Gasteiger partial charge >= 0.3 is 5.97 Å². The third-order valence-electron chi connectivity index (χ3n) is 8.46. The fraction of sp³-hybridized carbons (Fsp3) is 0.433. The third kappa shape index (κ3) is 4.82. The summed E-state index contributed by atoms with van der Waals surface area (Å²) in [4.78, 5) is 47.5. The normalized spacial score (nSPS) is 22.1. The van der Waals surface area contributed by atoms with E-state index in [2.05, 4.69) is 10.1 Å². The quantitative estimate of drug-likeness (QED) is 0.486. The van der Waals surface area contributed by atoms with Crippen LogP contribution in [0.4, 0.5) is 0 Å². The van der Waals surface area contributed by atoms with Crippen LogP contribution in [0.3, 0.4) is 0 Å². The molecule has 10 nitrogen and oxygen atoms in total. The number of carboxylic acid groups (broad SMARTS) is 1. The van der Waals surface area contributed by atoms with Crippen LogP contribution in [0.25, 0.3) is 0 Å². The Morgan fingerprint density at radius 3 is 2.58 bits per heavy atom. The van der Waals surface area contributed by atoms with Crippen LogP contribution < -0.4 is 4.74 Å². The molecular formula is C30H33N5O5. The topological polar surface area (TPSA) is 118 Å². The number of nitrogens with zero attached hydrogens (tertiary/aromatic N) is 5. The Kier molecular flexibility index (Phi) is 7.00. The minimum atomic E-state index is -0.913. The van der Waals surface area contributed by atoms with Crippen LogP contribution in [0.2, 0.25) is 0 Å². The first-order valence-electron chi connectivity index (χ1n) is 13.9. The molecule has 1 fully saturated rings. The Hall–Kier alpha value is -4.21. The number of benzene rings is 2. The predicted molar refractivity (Wildman–Crippen MR) is 144 cm³/mol. The molecule has 6 rings (SSSR count). The molecule has 2 aromatic carbocycles. The Morgan fingerprint density at radius 2 is 1.82 bits per heavy atom. The van der Waals surface area contributed by atoms with E-state index in [0.717, 1.165) is 29.5 Å². The number of aliphatic carboxylic acids is 1. The summed E-state index contributed by atoms with van der Waals surface area (Å²) in [6.45, 7) is 1.37. The highest BCUT2D eigenvalue weighted by Gasteiger charge is 2.43. The second-order valence-electron chi connectivity index (χ2n) is 10.9. The van der Waals surface area contributed by atoms with Gasteiger partial charge < -0.3 is 19.6 Å². The molecule has 0 saturated heterocycles. The molecule has 3 aliphatic rings. The van der Waals surface area contributed by atoms with Crippen LogP contribution in [0.1, 0.15) is 64.6 Å². The Balaban J connectivity index is 1.35. The number of carboxylic acids is 1. The first kappa shape index (κ1) is 26.0. The number of fused-ring (bicyclic) bond motifs is 2. The van der Waals surface area contributed by atoms with E-state index >= 15 is 0 Å². The first-order valence-corrected chi connectivity index (χ1v) is 13.9. The Morgan fingerprint density at radius 1 is 1.05 bits per heavy atom. The summed E-state index contributed by atoms with van der Waals surface area (Å²) in [5, 5.41) is 14.2. The Labute approximate surface area is 232 Å². The van der Waals surface area contributed by atoms with Crippen molar-refractivity contribution in [3.05, 3.63) is 76.9 Å². The van der Waals surface area contributed by atoms with E-state index in [4.69, 9.17) is 4.74 Å². The SMILES string of the molecule is Cn1cnc(COc2cccc3c2C(CN2Cc4ccccc4C2=O)N(C(=O)C2CCCCC2C(=O)O)CC3)n1. The lowest BCUT2D eigenvalue weighted by atomic mass is 9.77. The van der Waals surface area contributed by atoms with Crippen LogP contribution >= 0.6 is 0 Å². The largest absolute Gasteiger partial charge is 0.485 e. The number of carbonyl (C=O) groups excluding carboxylic acids is 2. The van der Waals surface area contributed by atoms with Crippen LogP contribution in [0.5, 0.6) is 5.75 Å². The maximum atomic E-state index is 14.2. The van der Waals surface area contributed by atoms with Gasteiger partial charge in [0.2, 0.25) is 5.91 Å². The van der Waals surface area contributed by atoms with Gasteiger partial charge in [-0.05, 0) is 42.5 Å². The molecular weight excluding hydrogens is 510 g/mol. The van der Waals surface area contributed by atoms with Gasteiger partial charge in [0.25, 0.3) is 5.91 Å². The zero-order valence-corrected chi connectivity index (χ0v) is 22.5. The number of aromatic nitrogens is 3. The van der Waals surface area contributed by atoms with E-state index in [1.807, 2.05) is 47.4 Å². The number of hydrogen-bond donors (Lipinski definition) is 1. The maximum absolute atomic E-state index is 14.2. The number of ether oxygens (including phenoxy) is 1. The van der Waals surface area contributed by atoms with E-state index in [1.165, 1.54) is 0 Å². The van der Waals surface area contributed by atoms with Crippen LogP contribution in [0.15, 0.2) is 48.8 Å². The van der Waals surface area contributed by atoms with Gasteiger partial charge in [-0.1, -0.05) is 43.2 Å². The molecule has 3 atom stereocenters. The molecule has 208 valence electrons. The molecule has 1 N–H and O–H groups in total. The summed E-state index contributed by atoms with van der Waals surface area (Å²) < 4.78 is 7.86. The van der Waals surface area contributed by atoms with Gasteiger partial charge in [-0.25, -0.2) is 4.98 Å². The average Bonchev–Trinajstić information content (AvgIpc) is 3.53. The van der Waals surface area contributed by atoms with Gasteiger partial charge in [-0.2, -0.15) is 5.10 Å². The summed E-state index contributed by atoms with van der Waals surface area (Å²) in [6, 6.07) is 13.0. The molecule has 0 radical (unpaired) electrons. The lowest BCUT2D eigenvalue weighted by Gasteiger charge is -2.42. The van der Waals surface area contributed by atoms with Crippen LogP contribution in [0, 0.1) is 11.8 Å². The minimum absolute atomic E-state index is 0.0627. The van der Waals surface area contributed by atoms with Crippen LogP contribution in [-0.2, 0) is 36.2 Å². The summed E-state index contributed by atoms with van der Waals surface area (Å²) in [6.07, 6.45) is 4.95. The molecule has 40 heavy (non-hydrogen) atoms. The van der Waals surface area contributed by atoms with Gasteiger partial charge in [0, 0.05) is 37.8 Å². The average molecular weight is 544 g/mol. The molecule has 1 saturated carbocycles. The highest BCUT2D eigenvalue weighted by atomic mass is 16.5. The van der Waals surface area contributed by atoms with Crippen molar-refractivity contribution in [3.63, 3.8) is 0 Å². The van der Waals surface area contributed by atoms with Gasteiger partial charge in [0.15, 0.2) is 5.82 Å². The number of aryl methyl sites for hydroxylation is 1. The zero-order chi connectivity index (χ0) is 27.8. The van der Waals surface area contributed by atoms with Crippen molar-refractivity contribution >= 4 is 17.8 Å². The smallest absolute Gasteiger partial charge is 0.307 e. The van der Waals surface area contributed by atoms with Crippen molar-refractivity contribution in [1.82, 2.24) is 24.6 Å². The molecule has 1 aliphatic carbocycles. The number of carbonyl (C=O) groups is 3. The molecule has 3 aromatic rings. The molecule has 1 aromatic heterocycles. The fourth-order valence-electron chi connectivity index (χ4n) is 6.52. The molecule has 2 aliphatic heterocycles. The second kappa shape index (κ2) is 10.7. The van der Waals surface area contributed by atoms with E-state index in [0.29, 0.717) is 56.0 Å². The van der Waals surface area contributed by atoms with Gasteiger partial charge in [0.05, 0.1) is 17.9 Å². The van der Waals surface area contributed by atoms with Crippen molar-refractivity contribution in [2.24, 2.45) is 18.9 Å². The van der Waals surface area contributed by atoms with Crippen LogP contribution in [-0.4, -0.2) is 60.5 Å². The molecule has 3 heterocycles. The van der Waals surface area contributed by atoms with Gasteiger partial charge in [0.1, 0.15) is 18.7 Å². The van der Waals surface area contributed by atoms with E-state index in [1.54, 1.807) is 23.0 Å². The van der Waals surface area contributed by atoms with Gasteiger partial charge in [-0.3, -0.25) is 19.1 Å². The molecule has 0 spiro atoms. The lowest BCUT2D eigenvalue weighted by Crippen LogP contribution is -2.49. The highest BCUT2D eigenvalue weighted by Crippen LogP contribution is 2.41. The minimum Gasteiger partial charge on any atom is -0.485 e. The van der Waals surface area contributed by atoms with E-state index in [9.17, 15) is 19.5 Å². The standard InChI is InChI=1S/C30H33N5O5/c1-33-18-31-26(32-33)17-40-25-12-6-8-19-13-14-35(29(37)22-10-4-5-11-23(22)30(38)39)24(27(19)25)16-34-15-20-7-2-3-9-21(20)28(34)36/h2-3,6-9,12,18,22-24H,4-5,10-11,13-17H2,1H3,(H,38,39). The number of rotatable bonds is 7. The fourth-order valence-corrected chi connectivity index (χ4v) is 6.52. The van der Waals surface area contributed by atoms with Crippen molar-refractivity contribution in [3.8, 4) is 5.75 Å². The van der Waals surface area contributed by atoms with E-state index < -0.39 is 23.8 Å². The van der Waals surface area contributed by atoms with Crippen molar-refractivity contribution < 1.29 is 24.2 Å². The second-order valence-corrected chi connectivity index (χ2v) is 10.9. The highest BCUT2D eigenvalue weighted by molar-refractivity contribution is 5.98. The Bertz CT molecular complexity index is 1450. The first-order chi connectivity index (χ1) is 19.4. The van der Waals surface area contributed by atoms with Crippen molar-refractivity contribution in [2.45, 2.75) is 51.3 Å². The molecule has 10 heteroatoms. The molecule has 3 unspecified atom stereocenters. The molecule has 2 amide bonds. The van der Waals surface area contributed by atoms with Gasteiger partial charge in [-0.15, -0.1) is 0 Å². The number of amides is 2. The monoisotopic (exact) mass is 543 g/mol. The summed E-state index contributed by atoms with van der Waals surface area (Å²) in [5.41, 5.74) is 3.57. The molecule has 0 bridgehead atoms. The summed E-state index contributed by atoms with van der Waals surface area (Å²) in [7, 11) is 1.79. The zero-order valence-electron chi connectivity index (χ0n) is 22.5. The van der Waals surface area contributed by atoms with Crippen molar-refractivity contribution in [2.75, 3.05) is 13.1 Å².